The summed E-state index contributed by atoms with van der Waals surface area (Å²) in [5, 5.41) is 11.6. The van der Waals surface area contributed by atoms with Crippen LogP contribution in [0.2, 0.25) is 0 Å². The molecule has 0 unspecified atom stereocenters. The van der Waals surface area contributed by atoms with Crippen molar-refractivity contribution >= 4 is 29.3 Å². The first kappa shape index (κ1) is 15.7. The van der Waals surface area contributed by atoms with Crippen molar-refractivity contribution in [2.24, 2.45) is 5.92 Å². The fourth-order valence-corrected chi connectivity index (χ4v) is 3.19. The summed E-state index contributed by atoms with van der Waals surface area (Å²) in [6.45, 7) is 4.07. The molecule has 1 saturated heterocycles. The summed E-state index contributed by atoms with van der Waals surface area (Å²) in [5.41, 5.74) is 0.911. The number of carbonyl (C=O) groups excluding carboxylic acids is 1. The molecule has 1 aromatic heterocycles. The van der Waals surface area contributed by atoms with Crippen LogP contribution in [0.15, 0.2) is 12.1 Å². The molecule has 1 aliphatic rings. The topological polar surface area (TPSA) is 75.6 Å². The van der Waals surface area contributed by atoms with Gasteiger partial charge in [0.05, 0.1) is 4.88 Å². The van der Waals surface area contributed by atoms with Crippen LogP contribution >= 0.6 is 11.3 Å². The highest BCUT2D eigenvalue weighted by Crippen LogP contribution is 2.23. The van der Waals surface area contributed by atoms with Gasteiger partial charge in [-0.2, -0.15) is 0 Å². The third kappa shape index (κ3) is 4.68. The van der Waals surface area contributed by atoms with Gasteiger partial charge in [0, 0.05) is 30.7 Å². The first-order valence-corrected chi connectivity index (χ1v) is 7.75. The molecule has 1 aromatic rings. The molecule has 5 nitrogen and oxygen atoms in total. The van der Waals surface area contributed by atoms with Crippen molar-refractivity contribution in [1.82, 2.24) is 5.32 Å². The Bertz CT molecular complexity index is 544. The fraction of sp³-hybridized carbons (Fsp3) is 0.467. The second-order valence-electron chi connectivity index (χ2n) is 5.10. The Morgan fingerprint density at radius 1 is 1.48 bits per heavy atom. The van der Waals surface area contributed by atoms with E-state index >= 15 is 0 Å². The Kier molecular flexibility index (Phi) is 5.52. The van der Waals surface area contributed by atoms with Gasteiger partial charge in [0.15, 0.2) is 0 Å². The minimum absolute atomic E-state index is 0.0930. The lowest BCUT2D eigenvalue weighted by molar-refractivity contribution is -0.131. The number of ether oxygens (including phenoxy) is 1. The van der Waals surface area contributed by atoms with Crippen molar-refractivity contribution in [1.29, 1.82) is 0 Å². The predicted octanol–water partition coefficient (Wildman–Crippen LogP) is 2.31. The van der Waals surface area contributed by atoms with E-state index in [2.05, 4.69) is 5.32 Å². The zero-order valence-corrected chi connectivity index (χ0v) is 12.7. The van der Waals surface area contributed by atoms with Crippen molar-refractivity contribution in [2.45, 2.75) is 19.8 Å². The van der Waals surface area contributed by atoms with Crippen LogP contribution in [-0.4, -0.2) is 36.7 Å². The molecule has 0 aromatic carbocycles. The summed E-state index contributed by atoms with van der Waals surface area (Å²) < 4.78 is 5.29. The molecule has 0 spiro atoms. The Labute approximate surface area is 127 Å². The molecule has 2 N–H and O–H groups in total. The van der Waals surface area contributed by atoms with Crippen LogP contribution in [0.5, 0.6) is 0 Å². The highest BCUT2D eigenvalue weighted by atomic mass is 32.1. The largest absolute Gasteiger partial charge is 0.478 e. The average molecular weight is 309 g/mol. The lowest BCUT2D eigenvalue weighted by atomic mass is 10.0. The third-order valence-electron chi connectivity index (χ3n) is 3.45. The van der Waals surface area contributed by atoms with Gasteiger partial charge in [-0.25, -0.2) is 4.79 Å². The van der Waals surface area contributed by atoms with Crippen LogP contribution in [0.1, 0.15) is 33.0 Å². The molecule has 6 heteroatoms. The normalized spacial score (nSPS) is 16.2. The maximum absolute atomic E-state index is 12.1. The maximum atomic E-state index is 12.1. The molecule has 2 rings (SSSR count). The standard InChI is InChI=1S/C15H19NO4S/c1-10-8-13(21-12(10)2-3-14(17)18)15(19)16-9-11-4-6-20-7-5-11/h2-3,8,11H,4-7,9H2,1H3,(H,16,19)(H,17,18)/b3-2+. The van der Waals surface area contributed by atoms with E-state index in [-0.39, 0.29) is 5.91 Å². The Balaban J connectivity index is 1.93. The van der Waals surface area contributed by atoms with Crippen LogP contribution in [0.25, 0.3) is 6.08 Å². The number of carbonyl (C=O) groups is 2. The number of amides is 1. The summed E-state index contributed by atoms with van der Waals surface area (Å²) in [6, 6.07) is 1.80. The molecule has 1 amide bonds. The van der Waals surface area contributed by atoms with E-state index < -0.39 is 5.97 Å². The molecule has 114 valence electrons. The molecule has 0 radical (unpaired) electrons. The molecule has 0 atom stereocenters. The summed E-state index contributed by atoms with van der Waals surface area (Å²) >= 11 is 1.31. The summed E-state index contributed by atoms with van der Waals surface area (Å²) in [5.74, 6) is -0.604. The smallest absolute Gasteiger partial charge is 0.328 e. The Morgan fingerprint density at radius 3 is 2.86 bits per heavy atom. The average Bonchev–Trinajstić information content (AvgIpc) is 2.85. The molecule has 2 heterocycles. The number of nitrogens with one attached hydrogen (secondary N) is 1. The number of aliphatic carboxylic acids is 1. The van der Waals surface area contributed by atoms with E-state index in [9.17, 15) is 9.59 Å². The second-order valence-corrected chi connectivity index (χ2v) is 6.18. The molecular weight excluding hydrogens is 290 g/mol. The van der Waals surface area contributed by atoms with E-state index in [1.165, 1.54) is 17.4 Å². The minimum atomic E-state index is -0.992. The van der Waals surface area contributed by atoms with Gasteiger partial charge in [0.2, 0.25) is 0 Å². The zero-order valence-electron chi connectivity index (χ0n) is 11.9. The number of hydrogen-bond donors (Lipinski definition) is 2. The van der Waals surface area contributed by atoms with Gasteiger partial charge < -0.3 is 15.2 Å². The highest BCUT2D eigenvalue weighted by molar-refractivity contribution is 7.15. The van der Waals surface area contributed by atoms with Gasteiger partial charge in [-0.15, -0.1) is 11.3 Å². The first-order chi connectivity index (χ1) is 10.1. The predicted molar refractivity (Wildman–Crippen MR) is 81.6 cm³/mol. The van der Waals surface area contributed by atoms with Gasteiger partial charge in [-0.1, -0.05) is 0 Å². The van der Waals surface area contributed by atoms with Gasteiger partial charge in [0.1, 0.15) is 0 Å². The molecule has 0 aliphatic carbocycles. The summed E-state index contributed by atoms with van der Waals surface area (Å²) in [4.78, 5) is 24.1. The van der Waals surface area contributed by atoms with Crippen LogP contribution in [-0.2, 0) is 9.53 Å². The Hall–Kier alpha value is -1.66. The highest BCUT2D eigenvalue weighted by Gasteiger charge is 2.16. The van der Waals surface area contributed by atoms with Crippen LogP contribution in [0, 0.1) is 12.8 Å². The second kappa shape index (κ2) is 7.38. The van der Waals surface area contributed by atoms with Gasteiger partial charge >= 0.3 is 5.97 Å². The van der Waals surface area contributed by atoms with E-state index in [4.69, 9.17) is 9.84 Å². The van der Waals surface area contributed by atoms with E-state index in [0.717, 1.165) is 42.6 Å². The monoisotopic (exact) mass is 309 g/mol. The van der Waals surface area contributed by atoms with Gasteiger partial charge in [0.25, 0.3) is 5.91 Å². The molecule has 0 bridgehead atoms. The number of aryl methyl sites for hydroxylation is 1. The van der Waals surface area contributed by atoms with Crippen molar-refractivity contribution in [2.75, 3.05) is 19.8 Å². The molecular formula is C15H19NO4S. The van der Waals surface area contributed by atoms with Gasteiger partial charge in [-0.05, 0) is 43.4 Å². The number of rotatable bonds is 5. The third-order valence-corrected chi connectivity index (χ3v) is 4.65. The van der Waals surface area contributed by atoms with Gasteiger partial charge in [-0.3, -0.25) is 4.79 Å². The molecule has 0 saturated carbocycles. The van der Waals surface area contributed by atoms with Crippen molar-refractivity contribution in [3.05, 3.63) is 27.5 Å². The van der Waals surface area contributed by atoms with E-state index in [1.807, 2.05) is 6.92 Å². The van der Waals surface area contributed by atoms with Crippen molar-refractivity contribution in [3.8, 4) is 0 Å². The summed E-state index contributed by atoms with van der Waals surface area (Å²) in [6.07, 6.45) is 4.58. The zero-order chi connectivity index (χ0) is 15.2. The van der Waals surface area contributed by atoms with Crippen molar-refractivity contribution < 1.29 is 19.4 Å². The molecule has 21 heavy (non-hydrogen) atoms. The van der Waals surface area contributed by atoms with Crippen LogP contribution in [0.4, 0.5) is 0 Å². The SMILES string of the molecule is Cc1cc(C(=O)NCC2CCOCC2)sc1/C=C/C(=O)O. The van der Waals surface area contributed by atoms with E-state index in [1.54, 1.807) is 6.07 Å². The first-order valence-electron chi connectivity index (χ1n) is 6.93. The van der Waals surface area contributed by atoms with Crippen LogP contribution < -0.4 is 5.32 Å². The number of hydrogen-bond acceptors (Lipinski definition) is 4. The number of carboxylic acids is 1. The van der Waals surface area contributed by atoms with E-state index in [0.29, 0.717) is 17.3 Å². The lowest BCUT2D eigenvalue weighted by Crippen LogP contribution is -2.31. The molecule has 1 fully saturated rings. The lowest BCUT2D eigenvalue weighted by Gasteiger charge is -2.21. The quantitative estimate of drug-likeness (QED) is 0.818. The summed E-state index contributed by atoms with van der Waals surface area (Å²) in [7, 11) is 0. The minimum Gasteiger partial charge on any atom is -0.478 e. The fourth-order valence-electron chi connectivity index (χ4n) is 2.20. The Morgan fingerprint density at radius 2 is 2.19 bits per heavy atom. The number of carboxylic acid groups (broad SMARTS) is 1. The van der Waals surface area contributed by atoms with Crippen molar-refractivity contribution in [3.63, 3.8) is 0 Å². The number of thiophene rings is 1. The molecule has 1 aliphatic heterocycles. The maximum Gasteiger partial charge on any atom is 0.328 e. The van der Waals surface area contributed by atoms with Crippen LogP contribution in [0.3, 0.4) is 0 Å².